The molecule has 0 aliphatic carbocycles. The van der Waals surface area contributed by atoms with Gasteiger partial charge >= 0.3 is 0 Å². The summed E-state index contributed by atoms with van der Waals surface area (Å²) in [5, 5.41) is 2.86. The summed E-state index contributed by atoms with van der Waals surface area (Å²) in [6.07, 6.45) is -0.559. The van der Waals surface area contributed by atoms with Gasteiger partial charge in [-0.3, -0.25) is 4.79 Å². The second-order valence-corrected chi connectivity index (χ2v) is 6.85. The van der Waals surface area contributed by atoms with Gasteiger partial charge in [0.2, 0.25) is 0 Å². The van der Waals surface area contributed by atoms with Crippen LogP contribution in [-0.2, 0) is 4.79 Å². The molecular formula is C22H29NO3. The Kier molecular flexibility index (Phi) is 6.67. The maximum absolute atomic E-state index is 12.2. The third-order valence-corrected chi connectivity index (χ3v) is 4.59. The molecule has 0 bridgehead atoms. The first-order chi connectivity index (χ1) is 12.3. The second kappa shape index (κ2) is 8.75. The van der Waals surface area contributed by atoms with Gasteiger partial charge < -0.3 is 14.8 Å². The largest absolute Gasteiger partial charge is 0.492 e. The molecule has 0 radical (unpaired) electrons. The fraction of sp³-hybridized carbons (Fsp3) is 0.409. The molecule has 1 N–H and O–H groups in total. The van der Waals surface area contributed by atoms with E-state index in [2.05, 4.69) is 25.2 Å². The van der Waals surface area contributed by atoms with E-state index in [-0.39, 0.29) is 5.91 Å². The van der Waals surface area contributed by atoms with Crippen molar-refractivity contribution in [2.24, 2.45) is 0 Å². The molecular weight excluding hydrogens is 326 g/mol. The van der Waals surface area contributed by atoms with Crippen molar-refractivity contribution < 1.29 is 14.3 Å². The van der Waals surface area contributed by atoms with E-state index in [1.54, 1.807) is 6.92 Å². The van der Waals surface area contributed by atoms with E-state index in [1.165, 1.54) is 11.1 Å². The van der Waals surface area contributed by atoms with Crippen LogP contribution in [-0.4, -0.2) is 25.2 Å². The zero-order valence-electron chi connectivity index (χ0n) is 16.6. The fourth-order valence-electron chi connectivity index (χ4n) is 2.66. The Morgan fingerprint density at radius 3 is 2.42 bits per heavy atom. The lowest BCUT2D eigenvalue weighted by Gasteiger charge is -2.18. The number of rotatable bonds is 7. The predicted molar refractivity (Wildman–Crippen MR) is 105 cm³/mol. The van der Waals surface area contributed by atoms with Crippen LogP contribution in [0.2, 0.25) is 0 Å². The van der Waals surface area contributed by atoms with E-state index < -0.39 is 6.10 Å². The first-order valence-electron chi connectivity index (χ1n) is 9.00. The van der Waals surface area contributed by atoms with E-state index in [4.69, 9.17) is 9.47 Å². The summed E-state index contributed by atoms with van der Waals surface area (Å²) in [4.78, 5) is 12.2. The van der Waals surface area contributed by atoms with Gasteiger partial charge in [0, 0.05) is 0 Å². The summed E-state index contributed by atoms with van der Waals surface area (Å²) in [6.45, 7) is 12.8. The van der Waals surface area contributed by atoms with Crippen molar-refractivity contribution in [2.45, 2.75) is 47.6 Å². The van der Waals surface area contributed by atoms with Crippen LogP contribution in [0.3, 0.4) is 0 Å². The third kappa shape index (κ3) is 5.25. The summed E-state index contributed by atoms with van der Waals surface area (Å²) < 4.78 is 11.5. The minimum Gasteiger partial charge on any atom is -0.492 e. The summed E-state index contributed by atoms with van der Waals surface area (Å²) in [7, 11) is 0. The van der Waals surface area contributed by atoms with Crippen LogP contribution >= 0.6 is 0 Å². The van der Waals surface area contributed by atoms with Gasteiger partial charge in [-0.1, -0.05) is 12.1 Å². The standard InChI is InChI=1S/C22H29NO3/c1-14-11-17(4)18(5)21(12-14)26-19(6)22(24)23-9-10-25-20-8-7-15(2)16(3)13-20/h7-8,11-13,19H,9-10H2,1-6H3,(H,23,24). The minimum absolute atomic E-state index is 0.146. The number of benzene rings is 2. The SMILES string of the molecule is Cc1cc(C)c(C)c(OC(C)C(=O)NCCOc2ccc(C)c(C)c2)c1. The quantitative estimate of drug-likeness (QED) is 0.758. The molecule has 0 aliphatic rings. The number of amides is 1. The van der Waals surface area contributed by atoms with E-state index in [9.17, 15) is 4.79 Å². The highest BCUT2D eigenvalue weighted by atomic mass is 16.5. The monoisotopic (exact) mass is 355 g/mol. The maximum Gasteiger partial charge on any atom is 0.260 e. The van der Waals surface area contributed by atoms with Crippen molar-refractivity contribution in [1.82, 2.24) is 5.32 Å². The van der Waals surface area contributed by atoms with Crippen molar-refractivity contribution in [3.05, 3.63) is 58.1 Å². The Balaban J connectivity index is 1.81. The Labute approximate surface area is 156 Å². The molecule has 0 fully saturated rings. The first-order valence-corrected chi connectivity index (χ1v) is 9.00. The number of ether oxygens (including phenoxy) is 2. The van der Waals surface area contributed by atoms with Crippen LogP contribution in [0, 0.1) is 34.6 Å². The molecule has 2 aromatic carbocycles. The molecule has 0 spiro atoms. The molecule has 2 aromatic rings. The average Bonchev–Trinajstić information content (AvgIpc) is 2.58. The third-order valence-electron chi connectivity index (χ3n) is 4.59. The molecule has 4 nitrogen and oxygen atoms in total. The Hall–Kier alpha value is -2.49. The van der Waals surface area contributed by atoms with Crippen molar-refractivity contribution >= 4 is 5.91 Å². The zero-order chi connectivity index (χ0) is 19.3. The molecule has 0 aliphatic heterocycles. The number of carbonyl (C=O) groups is 1. The van der Waals surface area contributed by atoms with Crippen molar-refractivity contribution in [3.63, 3.8) is 0 Å². The van der Waals surface area contributed by atoms with Crippen LogP contribution in [0.5, 0.6) is 11.5 Å². The van der Waals surface area contributed by atoms with E-state index in [1.807, 2.05) is 45.0 Å². The highest BCUT2D eigenvalue weighted by Crippen LogP contribution is 2.24. The maximum atomic E-state index is 12.2. The second-order valence-electron chi connectivity index (χ2n) is 6.85. The molecule has 0 aromatic heterocycles. The van der Waals surface area contributed by atoms with Gasteiger partial charge in [0.1, 0.15) is 18.1 Å². The van der Waals surface area contributed by atoms with E-state index >= 15 is 0 Å². The number of carbonyl (C=O) groups excluding carboxylic acids is 1. The van der Waals surface area contributed by atoms with Crippen molar-refractivity contribution in [2.75, 3.05) is 13.2 Å². The van der Waals surface area contributed by atoms with Crippen LogP contribution in [0.15, 0.2) is 30.3 Å². The molecule has 1 unspecified atom stereocenters. The Bertz CT molecular complexity index is 783. The normalized spacial score (nSPS) is 11.8. The van der Waals surface area contributed by atoms with Crippen LogP contribution in [0.4, 0.5) is 0 Å². The molecule has 4 heteroatoms. The highest BCUT2D eigenvalue weighted by Gasteiger charge is 2.16. The van der Waals surface area contributed by atoms with Gasteiger partial charge in [-0.05, 0) is 87.6 Å². The molecule has 0 heterocycles. The van der Waals surface area contributed by atoms with Gasteiger partial charge in [-0.25, -0.2) is 0 Å². The van der Waals surface area contributed by atoms with Crippen LogP contribution < -0.4 is 14.8 Å². The van der Waals surface area contributed by atoms with Crippen LogP contribution in [0.25, 0.3) is 0 Å². The molecule has 0 saturated heterocycles. The van der Waals surface area contributed by atoms with E-state index in [0.29, 0.717) is 13.2 Å². The topological polar surface area (TPSA) is 47.6 Å². The molecule has 1 atom stereocenters. The van der Waals surface area contributed by atoms with Crippen molar-refractivity contribution in [3.8, 4) is 11.5 Å². The average molecular weight is 355 g/mol. The van der Waals surface area contributed by atoms with Gasteiger partial charge in [-0.2, -0.15) is 0 Å². The fourth-order valence-corrected chi connectivity index (χ4v) is 2.66. The smallest absolute Gasteiger partial charge is 0.260 e. The summed E-state index contributed by atoms with van der Waals surface area (Å²) in [5.41, 5.74) is 5.77. The highest BCUT2D eigenvalue weighted by molar-refractivity contribution is 5.80. The lowest BCUT2D eigenvalue weighted by molar-refractivity contribution is -0.127. The lowest BCUT2D eigenvalue weighted by atomic mass is 10.1. The molecule has 0 saturated carbocycles. The number of hydrogen-bond acceptors (Lipinski definition) is 3. The van der Waals surface area contributed by atoms with Crippen molar-refractivity contribution in [1.29, 1.82) is 0 Å². The Morgan fingerprint density at radius 1 is 1.00 bits per heavy atom. The van der Waals surface area contributed by atoms with Gasteiger partial charge in [-0.15, -0.1) is 0 Å². The minimum atomic E-state index is -0.559. The van der Waals surface area contributed by atoms with E-state index in [0.717, 1.165) is 28.2 Å². The summed E-state index contributed by atoms with van der Waals surface area (Å²) in [6, 6.07) is 10.1. The lowest BCUT2D eigenvalue weighted by Crippen LogP contribution is -2.38. The molecule has 2 rings (SSSR count). The summed E-state index contributed by atoms with van der Waals surface area (Å²) >= 11 is 0. The van der Waals surface area contributed by atoms with Gasteiger partial charge in [0.05, 0.1) is 6.54 Å². The molecule has 1 amide bonds. The first kappa shape index (κ1) is 19.8. The van der Waals surface area contributed by atoms with Crippen LogP contribution in [0.1, 0.15) is 34.7 Å². The predicted octanol–water partition coefficient (Wildman–Crippen LogP) is 4.19. The Morgan fingerprint density at radius 2 is 1.73 bits per heavy atom. The number of aryl methyl sites for hydroxylation is 4. The molecule has 140 valence electrons. The summed E-state index contributed by atoms with van der Waals surface area (Å²) in [5.74, 6) is 1.43. The number of hydrogen-bond donors (Lipinski definition) is 1. The zero-order valence-corrected chi connectivity index (χ0v) is 16.6. The molecule has 26 heavy (non-hydrogen) atoms. The van der Waals surface area contributed by atoms with Gasteiger partial charge in [0.15, 0.2) is 6.10 Å². The number of nitrogens with one attached hydrogen (secondary N) is 1. The van der Waals surface area contributed by atoms with Gasteiger partial charge in [0.25, 0.3) is 5.91 Å².